The lowest BCUT2D eigenvalue weighted by Gasteiger charge is -2.13. The Morgan fingerprint density at radius 1 is 0.971 bits per heavy atom. The van der Waals surface area contributed by atoms with Gasteiger partial charge in [-0.25, -0.2) is 4.98 Å². The third-order valence-electron chi connectivity index (χ3n) is 5.33. The number of aromatic nitrogens is 5. The number of hydrogen-bond acceptors (Lipinski definition) is 9. The van der Waals surface area contributed by atoms with Crippen molar-refractivity contribution in [3.8, 4) is 22.9 Å². The number of thioether (sulfide) groups is 1. The van der Waals surface area contributed by atoms with E-state index in [1.54, 1.807) is 29.1 Å². The quantitative estimate of drug-likeness (QED) is 0.269. The molecule has 0 fully saturated rings. The minimum Gasteiger partial charge on any atom is -0.454 e. The van der Waals surface area contributed by atoms with E-state index in [1.165, 1.54) is 11.8 Å². The predicted octanol–water partition coefficient (Wildman–Crippen LogP) is 3.91. The van der Waals surface area contributed by atoms with Crippen molar-refractivity contribution in [3.63, 3.8) is 0 Å². The van der Waals surface area contributed by atoms with Gasteiger partial charge >= 0.3 is 0 Å². The third kappa shape index (κ3) is 3.88. The number of ether oxygens (including phenoxy) is 2. The van der Waals surface area contributed by atoms with Crippen molar-refractivity contribution in [2.75, 3.05) is 6.79 Å². The molecular formula is C24H17N5O4S. The molecule has 3 aromatic heterocycles. The highest BCUT2D eigenvalue weighted by atomic mass is 32.2. The van der Waals surface area contributed by atoms with Crippen LogP contribution < -0.4 is 15.0 Å². The number of hydrogen-bond donors (Lipinski definition) is 0. The van der Waals surface area contributed by atoms with Crippen LogP contribution in [0.25, 0.3) is 22.3 Å². The van der Waals surface area contributed by atoms with Crippen LogP contribution in [0.5, 0.6) is 11.5 Å². The van der Waals surface area contributed by atoms with Crippen LogP contribution in [0, 0.1) is 0 Å². The van der Waals surface area contributed by atoms with Crippen LogP contribution in [0.15, 0.2) is 81.5 Å². The molecule has 0 radical (unpaired) electrons. The van der Waals surface area contributed by atoms with Crippen LogP contribution in [0.3, 0.4) is 0 Å². The number of rotatable bonds is 6. The molecule has 0 atom stereocenters. The molecule has 4 heterocycles. The summed E-state index contributed by atoms with van der Waals surface area (Å²) in [5, 5.41) is 5.07. The van der Waals surface area contributed by atoms with E-state index in [9.17, 15) is 4.79 Å². The van der Waals surface area contributed by atoms with Gasteiger partial charge in [0.2, 0.25) is 18.5 Å². The Labute approximate surface area is 197 Å². The summed E-state index contributed by atoms with van der Waals surface area (Å²) in [4.78, 5) is 26.8. The molecule has 10 heteroatoms. The van der Waals surface area contributed by atoms with Crippen LogP contribution in [0.2, 0.25) is 0 Å². The van der Waals surface area contributed by atoms with Gasteiger partial charge in [-0.2, -0.15) is 4.98 Å². The number of fused-ring (bicyclic) bond motifs is 2. The summed E-state index contributed by atoms with van der Waals surface area (Å²) in [6.45, 7) is 0.472. The zero-order chi connectivity index (χ0) is 22.9. The van der Waals surface area contributed by atoms with Crippen molar-refractivity contribution < 1.29 is 14.0 Å². The smallest absolute Gasteiger partial charge is 0.262 e. The summed E-state index contributed by atoms with van der Waals surface area (Å²) in [7, 11) is 0. The van der Waals surface area contributed by atoms with Crippen molar-refractivity contribution >= 4 is 22.7 Å². The number of benzene rings is 2. The lowest BCUT2D eigenvalue weighted by atomic mass is 10.2. The van der Waals surface area contributed by atoms with Gasteiger partial charge in [0.25, 0.3) is 5.56 Å². The first kappa shape index (κ1) is 20.4. The van der Waals surface area contributed by atoms with E-state index in [-0.39, 0.29) is 12.4 Å². The molecule has 34 heavy (non-hydrogen) atoms. The maximum absolute atomic E-state index is 13.5. The number of pyridine rings is 1. The molecule has 0 saturated carbocycles. The van der Waals surface area contributed by atoms with Gasteiger partial charge in [0.15, 0.2) is 16.7 Å². The molecule has 2 aromatic carbocycles. The molecule has 0 N–H and O–H groups in total. The average molecular weight is 471 g/mol. The Morgan fingerprint density at radius 3 is 2.59 bits per heavy atom. The summed E-state index contributed by atoms with van der Waals surface area (Å²) in [6.07, 6.45) is 3.40. The molecule has 168 valence electrons. The van der Waals surface area contributed by atoms with Crippen LogP contribution in [0.1, 0.15) is 11.5 Å². The van der Waals surface area contributed by atoms with Gasteiger partial charge in [-0.1, -0.05) is 47.3 Å². The van der Waals surface area contributed by atoms with E-state index < -0.39 is 0 Å². The second-order valence-corrected chi connectivity index (χ2v) is 8.47. The first-order chi connectivity index (χ1) is 16.7. The van der Waals surface area contributed by atoms with Crippen molar-refractivity contribution in [1.82, 2.24) is 24.7 Å². The zero-order valence-corrected chi connectivity index (χ0v) is 18.6. The standard InChI is InChI=1S/C24H17N5O4S/c30-23-17-10-19-20(32-14-31-19)11-18(17)26-24(29(23)12-15-6-8-25-9-7-15)34-13-21-27-22(28-33-21)16-4-2-1-3-5-16/h1-11H,12-14H2. The first-order valence-corrected chi connectivity index (χ1v) is 11.5. The molecule has 0 bridgehead atoms. The Kier molecular flexibility index (Phi) is 5.19. The maximum Gasteiger partial charge on any atom is 0.262 e. The molecule has 0 saturated heterocycles. The molecule has 0 unspecified atom stereocenters. The highest BCUT2D eigenvalue weighted by Crippen LogP contribution is 2.35. The molecule has 6 rings (SSSR count). The molecule has 0 aliphatic carbocycles. The maximum atomic E-state index is 13.5. The lowest BCUT2D eigenvalue weighted by Crippen LogP contribution is -2.24. The number of nitrogens with zero attached hydrogens (tertiary/aromatic N) is 5. The van der Waals surface area contributed by atoms with Gasteiger partial charge in [-0.3, -0.25) is 14.3 Å². The van der Waals surface area contributed by atoms with E-state index in [0.717, 1.165) is 11.1 Å². The van der Waals surface area contributed by atoms with Gasteiger partial charge in [0.1, 0.15) is 0 Å². The molecular weight excluding hydrogens is 454 g/mol. The highest BCUT2D eigenvalue weighted by molar-refractivity contribution is 7.98. The van der Waals surface area contributed by atoms with Gasteiger partial charge in [0, 0.05) is 24.0 Å². The van der Waals surface area contributed by atoms with Crippen LogP contribution in [-0.2, 0) is 12.3 Å². The van der Waals surface area contributed by atoms with E-state index in [1.807, 2.05) is 42.5 Å². The van der Waals surface area contributed by atoms with Gasteiger partial charge in [0.05, 0.1) is 23.2 Å². The fourth-order valence-corrected chi connectivity index (χ4v) is 4.49. The molecule has 9 nitrogen and oxygen atoms in total. The fourth-order valence-electron chi connectivity index (χ4n) is 3.66. The van der Waals surface area contributed by atoms with Gasteiger partial charge < -0.3 is 14.0 Å². The second kappa shape index (κ2) is 8.64. The highest BCUT2D eigenvalue weighted by Gasteiger charge is 2.20. The first-order valence-electron chi connectivity index (χ1n) is 10.5. The largest absolute Gasteiger partial charge is 0.454 e. The van der Waals surface area contributed by atoms with Crippen LogP contribution in [-0.4, -0.2) is 31.5 Å². The summed E-state index contributed by atoms with van der Waals surface area (Å²) < 4.78 is 18.0. The van der Waals surface area contributed by atoms with Gasteiger partial charge in [-0.05, 0) is 23.8 Å². The van der Waals surface area contributed by atoms with E-state index in [2.05, 4.69) is 15.1 Å². The fraction of sp³-hybridized carbons (Fsp3) is 0.125. The van der Waals surface area contributed by atoms with E-state index >= 15 is 0 Å². The zero-order valence-electron chi connectivity index (χ0n) is 17.7. The third-order valence-corrected chi connectivity index (χ3v) is 6.29. The van der Waals surface area contributed by atoms with E-state index in [0.29, 0.717) is 51.6 Å². The summed E-state index contributed by atoms with van der Waals surface area (Å²) in [5.74, 6) is 2.44. The topological polar surface area (TPSA) is 105 Å². The van der Waals surface area contributed by atoms with Gasteiger partial charge in [-0.15, -0.1) is 0 Å². The monoisotopic (exact) mass is 471 g/mol. The Hall–Kier alpha value is -4.18. The summed E-state index contributed by atoms with van der Waals surface area (Å²) >= 11 is 1.36. The Balaban J connectivity index is 1.36. The lowest BCUT2D eigenvalue weighted by molar-refractivity contribution is 0.174. The van der Waals surface area contributed by atoms with Crippen LogP contribution >= 0.6 is 11.8 Å². The Bertz CT molecular complexity index is 1540. The minimum absolute atomic E-state index is 0.124. The normalized spacial score (nSPS) is 12.4. The molecule has 5 aromatic rings. The van der Waals surface area contributed by atoms with Crippen molar-refractivity contribution in [3.05, 3.63) is 88.8 Å². The summed E-state index contributed by atoms with van der Waals surface area (Å²) in [6, 6.07) is 16.8. The second-order valence-electron chi connectivity index (χ2n) is 7.53. The molecule has 0 amide bonds. The molecule has 1 aliphatic heterocycles. The Morgan fingerprint density at radius 2 is 1.76 bits per heavy atom. The van der Waals surface area contributed by atoms with E-state index in [4.69, 9.17) is 19.0 Å². The SMILES string of the molecule is O=c1c2cc3c(cc2nc(SCc2nc(-c4ccccc4)no2)n1Cc1ccncc1)OCO3. The van der Waals surface area contributed by atoms with Crippen molar-refractivity contribution in [2.24, 2.45) is 0 Å². The van der Waals surface area contributed by atoms with Crippen molar-refractivity contribution in [1.29, 1.82) is 0 Å². The molecule has 0 spiro atoms. The van der Waals surface area contributed by atoms with Crippen LogP contribution in [0.4, 0.5) is 0 Å². The molecule has 1 aliphatic rings. The average Bonchev–Trinajstić information content (AvgIpc) is 3.54. The summed E-state index contributed by atoms with van der Waals surface area (Å²) in [5.41, 5.74) is 2.18. The van der Waals surface area contributed by atoms with Crippen molar-refractivity contribution in [2.45, 2.75) is 17.5 Å². The minimum atomic E-state index is -0.168. The predicted molar refractivity (Wildman–Crippen MR) is 125 cm³/mol.